The van der Waals surface area contributed by atoms with Gasteiger partial charge in [0.2, 0.25) is 11.6 Å². The van der Waals surface area contributed by atoms with Crippen molar-refractivity contribution in [3.63, 3.8) is 0 Å². The molecule has 1 fully saturated rings. The van der Waals surface area contributed by atoms with E-state index in [2.05, 4.69) is 0 Å². The summed E-state index contributed by atoms with van der Waals surface area (Å²) in [5.41, 5.74) is -1.29. The van der Waals surface area contributed by atoms with Gasteiger partial charge in [0, 0.05) is 6.61 Å². The largest absolute Gasteiger partial charge is 0.490 e. The van der Waals surface area contributed by atoms with Crippen molar-refractivity contribution >= 4 is 0 Å². The van der Waals surface area contributed by atoms with Crippen LogP contribution in [-0.4, -0.2) is 31.6 Å². The van der Waals surface area contributed by atoms with E-state index < -0.39 is 29.2 Å². The van der Waals surface area contributed by atoms with Crippen molar-refractivity contribution in [3.05, 3.63) is 47.8 Å². The molecule has 1 saturated carbocycles. The Hall–Kier alpha value is -2.02. The molecule has 0 radical (unpaired) electrons. The molecule has 1 aromatic rings. The highest BCUT2D eigenvalue weighted by Gasteiger charge is 2.49. The minimum atomic E-state index is -1.82. The van der Waals surface area contributed by atoms with Gasteiger partial charge in [-0.05, 0) is 75.1 Å². The van der Waals surface area contributed by atoms with E-state index in [1.807, 2.05) is 6.92 Å². The lowest BCUT2D eigenvalue weighted by Gasteiger charge is -2.44. The molecule has 2 aliphatic rings. The summed E-state index contributed by atoms with van der Waals surface area (Å²) in [4.78, 5) is 0. The van der Waals surface area contributed by atoms with Crippen molar-refractivity contribution < 1.29 is 31.8 Å². The molecule has 0 bridgehead atoms. The fraction of sp³-hybridized carbons (Fsp3) is 0.600. The molecule has 3 rings (SSSR count). The summed E-state index contributed by atoms with van der Waals surface area (Å²) in [7, 11) is 0. The minimum absolute atomic E-state index is 0.110. The van der Waals surface area contributed by atoms with Crippen LogP contribution in [0, 0.1) is 23.5 Å². The quantitative estimate of drug-likeness (QED) is 0.284. The number of hydrogen-bond donors (Lipinski definition) is 0. The number of hydrogen-bond acceptors (Lipinski definition) is 3. The van der Waals surface area contributed by atoms with Crippen LogP contribution in [0.2, 0.25) is 0 Å². The molecule has 0 aliphatic heterocycles. The van der Waals surface area contributed by atoms with Gasteiger partial charge >= 0.3 is 0 Å². The summed E-state index contributed by atoms with van der Waals surface area (Å²) in [6.45, 7) is 4.59. The second-order valence-corrected chi connectivity index (χ2v) is 8.48. The summed E-state index contributed by atoms with van der Waals surface area (Å²) >= 11 is 0. The van der Waals surface area contributed by atoms with Gasteiger partial charge in [0.15, 0.2) is 17.7 Å². The topological polar surface area (TPSA) is 27.7 Å². The molecular formula is C25H32F4O3. The van der Waals surface area contributed by atoms with E-state index >= 15 is 0 Å². The molecular weight excluding hydrogens is 424 g/mol. The first-order valence-corrected chi connectivity index (χ1v) is 11.5. The van der Waals surface area contributed by atoms with E-state index in [0.717, 1.165) is 18.9 Å². The average Bonchev–Trinajstić information content (AvgIpc) is 2.80. The second-order valence-electron chi connectivity index (χ2n) is 8.48. The van der Waals surface area contributed by atoms with Crippen molar-refractivity contribution in [1.29, 1.82) is 0 Å². The fourth-order valence-corrected chi connectivity index (χ4v) is 4.56. The number of halogens is 4. The maximum absolute atomic E-state index is 14.8. The van der Waals surface area contributed by atoms with Gasteiger partial charge in [0.25, 0.3) is 0 Å². The third-order valence-electron chi connectivity index (χ3n) is 6.37. The highest BCUT2D eigenvalue weighted by Crippen LogP contribution is 2.45. The van der Waals surface area contributed by atoms with Crippen LogP contribution in [0.4, 0.5) is 17.6 Å². The van der Waals surface area contributed by atoms with Gasteiger partial charge in [0.1, 0.15) is 11.4 Å². The van der Waals surface area contributed by atoms with Gasteiger partial charge < -0.3 is 14.2 Å². The van der Waals surface area contributed by atoms with Crippen LogP contribution in [0.3, 0.4) is 0 Å². The van der Waals surface area contributed by atoms with E-state index in [0.29, 0.717) is 32.3 Å². The Morgan fingerprint density at radius 3 is 2.25 bits per heavy atom. The smallest absolute Gasteiger partial charge is 0.204 e. The Bertz CT molecular complexity index is 818. The number of benzene rings is 1. The Morgan fingerprint density at radius 1 is 0.969 bits per heavy atom. The molecule has 7 heteroatoms. The van der Waals surface area contributed by atoms with Crippen LogP contribution in [0.5, 0.6) is 11.5 Å². The molecule has 0 spiro atoms. The number of rotatable bonds is 10. The average molecular weight is 457 g/mol. The van der Waals surface area contributed by atoms with E-state index in [1.165, 1.54) is 18.2 Å². The zero-order valence-corrected chi connectivity index (χ0v) is 18.7. The number of unbranched alkanes of at least 4 members (excludes halogenated alkanes) is 1. The highest BCUT2D eigenvalue weighted by atomic mass is 19.2. The monoisotopic (exact) mass is 456 g/mol. The lowest BCUT2D eigenvalue weighted by Crippen LogP contribution is -2.50. The van der Waals surface area contributed by atoms with Gasteiger partial charge in [0.05, 0.1) is 13.2 Å². The van der Waals surface area contributed by atoms with Crippen molar-refractivity contribution in [2.75, 3.05) is 19.8 Å². The molecule has 32 heavy (non-hydrogen) atoms. The first kappa shape index (κ1) is 24.6. The molecule has 0 amide bonds. The molecule has 1 aromatic carbocycles. The molecule has 0 heterocycles. The standard InChI is InChI=1S/C25H32F4O3/c1-3-5-15-30-20-12-13-21(23(28)22(20)27)31-16-17-8-10-18(11-9-17)25(32-4-2)14-6-7-19(26)24(25)29/h6-7,12-14,17-18,24H,3-5,8-11,15-16H2,1-2H3/t17-,18-,24?,25?. The van der Waals surface area contributed by atoms with Gasteiger partial charge in [-0.15, -0.1) is 0 Å². The first-order valence-electron chi connectivity index (χ1n) is 11.5. The predicted octanol–water partition coefficient (Wildman–Crippen LogP) is 6.87. The molecule has 3 nitrogen and oxygen atoms in total. The number of alkyl halides is 1. The minimum Gasteiger partial charge on any atom is -0.490 e. The summed E-state index contributed by atoms with van der Waals surface area (Å²) in [5.74, 6) is -3.24. The van der Waals surface area contributed by atoms with E-state index in [9.17, 15) is 17.6 Å². The van der Waals surface area contributed by atoms with Gasteiger partial charge in [-0.1, -0.05) is 19.4 Å². The molecule has 0 saturated heterocycles. The fourth-order valence-electron chi connectivity index (χ4n) is 4.56. The zero-order valence-electron chi connectivity index (χ0n) is 18.7. The van der Waals surface area contributed by atoms with Gasteiger partial charge in [-0.25, -0.2) is 8.78 Å². The Kier molecular flexibility index (Phi) is 8.63. The molecule has 2 unspecified atom stereocenters. The van der Waals surface area contributed by atoms with Crippen LogP contribution in [0.15, 0.2) is 36.2 Å². The van der Waals surface area contributed by atoms with Gasteiger partial charge in [-0.2, -0.15) is 8.78 Å². The summed E-state index contributed by atoms with van der Waals surface area (Å²) in [6, 6.07) is 2.76. The lowest BCUT2D eigenvalue weighted by molar-refractivity contribution is -0.103. The Morgan fingerprint density at radius 2 is 1.62 bits per heavy atom. The van der Waals surface area contributed by atoms with Crippen LogP contribution < -0.4 is 9.47 Å². The van der Waals surface area contributed by atoms with Crippen molar-refractivity contribution in [2.24, 2.45) is 11.8 Å². The van der Waals surface area contributed by atoms with Crippen LogP contribution in [0.1, 0.15) is 52.4 Å². The van der Waals surface area contributed by atoms with Crippen molar-refractivity contribution in [3.8, 4) is 11.5 Å². The molecule has 178 valence electrons. The molecule has 0 aromatic heterocycles. The second kappa shape index (κ2) is 11.2. The SMILES string of the molecule is CCCCOc1ccc(OC[C@H]2CC[C@H](C3(OCC)C=CC=C(F)C3F)CC2)c(F)c1F. The van der Waals surface area contributed by atoms with Crippen molar-refractivity contribution in [2.45, 2.75) is 64.1 Å². The Balaban J connectivity index is 1.56. The number of allylic oxidation sites excluding steroid dienone is 2. The maximum Gasteiger partial charge on any atom is 0.204 e. The number of ether oxygens (including phenoxy) is 3. The van der Waals surface area contributed by atoms with Gasteiger partial charge in [-0.3, -0.25) is 0 Å². The van der Waals surface area contributed by atoms with Crippen LogP contribution >= 0.6 is 0 Å². The molecule has 2 aliphatic carbocycles. The van der Waals surface area contributed by atoms with Crippen LogP contribution in [-0.2, 0) is 4.74 Å². The van der Waals surface area contributed by atoms with Crippen LogP contribution in [0.25, 0.3) is 0 Å². The normalized spacial score (nSPS) is 27.8. The van der Waals surface area contributed by atoms with Crippen molar-refractivity contribution in [1.82, 2.24) is 0 Å². The molecule has 2 atom stereocenters. The third-order valence-corrected chi connectivity index (χ3v) is 6.37. The zero-order chi connectivity index (χ0) is 23.1. The lowest BCUT2D eigenvalue weighted by atomic mass is 9.70. The summed E-state index contributed by atoms with van der Waals surface area (Å²) < 4.78 is 74.0. The van der Waals surface area contributed by atoms with E-state index in [4.69, 9.17) is 14.2 Å². The van der Waals surface area contributed by atoms with E-state index in [1.54, 1.807) is 13.0 Å². The van der Waals surface area contributed by atoms with E-state index in [-0.39, 0.29) is 36.5 Å². The summed E-state index contributed by atoms with van der Waals surface area (Å²) in [6.07, 6.45) is 6.79. The predicted molar refractivity (Wildman–Crippen MR) is 115 cm³/mol. The molecule has 0 N–H and O–H groups in total. The summed E-state index contributed by atoms with van der Waals surface area (Å²) in [5, 5.41) is 0. The highest BCUT2D eigenvalue weighted by molar-refractivity contribution is 5.35. The first-order chi connectivity index (χ1) is 15.4. The third kappa shape index (κ3) is 5.30. The maximum atomic E-state index is 14.8. The Labute approximate surface area is 187 Å².